The molecule has 0 aliphatic heterocycles. The molecule has 5 heteroatoms. The van der Waals surface area contributed by atoms with Crippen LogP contribution in [0.3, 0.4) is 0 Å². The van der Waals surface area contributed by atoms with Gasteiger partial charge in [0.25, 0.3) is 0 Å². The highest BCUT2D eigenvalue weighted by atomic mass is 19.4. The molecule has 0 radical (unpaired) electrons. The maximum atomic E-state index is 12.6. The zero-order valence-electron chi connectivity index (χ0n) is 11.2. The van der Waals surface area contributed by atoms with Crippen molar-refractivity contribution in [3.05, 3.63) is 29.1 Å². The van der Waals surface area contributed by atoms with Gasteiger partial charge >= 0.3 is 6.18 Å². The minimum absolute atomic E-state index is 0.387. The van der Waals surface area contributed by atoms with Gasteiger partial charge in [-0.3, -0.25) is 0 Å². The lowest BCUT2D eigenvalue weighted by Crippen LogP contribution is -2.12. The van der Waals surface area contributed by atoms with Crippen LogP contribution in [-0.4, -0.2) is 9.55 Å². The molecule has 0 saturated heterocycles. The van der Waals surface area contributed by atoms with Crippen LogP contribution in [0.15, 0.2) is 12.1 Å². The number of benzene rings is 1. The van der Waals surface area contributed by atoms with E-state index in [4.69, 9.17) is 0 Å². The maximum absolute atomic E-state index is 12.6. The zero-order valence-corrected chi connectivity index (χ0v) is 11.2. The summed E-state index contributed by atoms with van der Waals surface area (Å²) in [7, 11) is 1.38. The summed E-state index contributed by atoms with van der Waals surface area (Å²) in [5, 5.41) is 0. The van der Waals surface area contributed by atoms with Crippen molar-refractivity contribution in [3.8, 4) is 0 Å². The summed E-state index contributed by atoms with van der Waals surface area (Å²) >= 11 is 0. The van der Waals surface area contributed by atoms with Crippen LogP contribution in [0, 0.1) is 13.8 Å². The first-order chi connectivity index (χ1) is 8.30. The molecule has 0 N–H and O–H groups in total. The molecule has 0 saturated carbocycles. The fourth-order valence-electron chi connectivity index (χ4n) is 1.70. The van der Waals surface area contributed by atoms with E-state index in [1.54, 1.807) is 12.1 Å². The quantitative estimate of drug-likeness (QED) is 0.691. The first kappa shape index (κ1) is 14.5. The van der Waals surface area contributed by atoms with Crippen LogP contribution in [-0.2, 0) is 13.2 Å². The first-order valence-electron chi connectivity index (χ1n) is 5.81. The Morgan fingerprint density at radius 1 is 1.06 bits per heavy atom. The van der Waals surface area contributed by atoms with Gasteiger partial charge in [-0.1, -0.05) is 13.8 Å². The second-order valence-electron chi connectivity index (χ2n) is 3.92. The number of hydrogen-bond donors (Lipinski definition) is 0. The molecule has 0 bridgehead atoms. The molecular formula is C13H17F3N2. The summed E-state index contributed by atoms with van der Waals surface area (Å²) in [6.45, 7) is 7.73. The van der Waals surface area contributed by atoms with Crippen molar-refractivity contribution in [2.45, 2.75) is 33.9 Å². The predicted molar refractivity (Wildman–Crippen MR) is 66.5 cm³/mol. The molecule has 1 aromatic carbocycles. The molecule has 1 heterocycles. The Labute approximate surface area is 104 Å². The van der Waals surface area contributed by atoms with Gasteiger partial charge < -0.3 is 4.57 Å². The molecule has 18 heavy (non-hydrogen) atoms. The van der Waals surface area contributed by atoms with Crippen LogP contribution in [0.4, 0.5) is 13.2 Å². The summed E-state index contributed by atoms with van der Waals surface area (Å²) < 4.78 is 38.9. The van der Waals surface area contributed by atoms with Crippen LogP contribution in [0.2, 0.25) is 0 Å². The topological polar surface area (TPSA) is 17.8 Å². The molecule has 0 aliphatic carbocycles. The van der Waals surface area contributed by atoms with Crippen molar-refractivity contribution < 1.29 is 13.2 Å². The second kappa shape index (κ2) is 5.00. The van der Waals surface area contributed by atoms with Crippen molar-refractivity contribution in [2.75, 3.05) is 0 Å². The number of hydrogen-bond acceptors (Lipinski definition) is 1. The number of aromatic nitrogens is 2. The molecule has 1 aromatic heterocycles. The third-order valence-electron chi connectivity index (χ3n) is 2.75. The number of rotatable bonds is 0. The number of halogens is 3. The Morgan fingerprint density at radius 2 is 1.56 bits per heavy atom. The van der Waals surface area contributed by atoms with Crippen LogP contribution in [0.25, 0.3) is 11.0 Å². The number of imidazole rings is 1. The van der Waals surface area contributed by atoms with Crippen molar-refractivity contribution in [2.24, 2.45) is 7.05 Å². The molecular weight excluding hydrogens is 241 g/mol. The van der Waals surface area contributed by atoms with E-state index < -0.39 is 12.0 Å². The maximum Gasteiger partial charge on any atom is 0.449 e. The van der Waals surface area contributed by atoms with Crippen LogP contribution in [0.5, 0.6) is 0 Å². The van der Waals surface area contributed by atoms with Crippen molar-refractivity contribution >= 4 is 11.0 Å². The van der Waals surface area contributed by atoms with Gasteiger partial charge in [0.05, 0.1) is 11.0 Å². The van der Waals surface area contributed by atoms with Gasteiger partial charge in [0, 0.05) is 7.05 Å². The van der Waals surface area contributed by atoms with Gasteiger partial charge in [0.15, 0.2) is 0 Å². The molecule has 0 spiro atoms. The van der Waals surface area contributed by atoms with Crippen molar-refractivity contribution in [1.29, 1.82) is 0 Å². The van der Waals surface area contributed by atoms with Crippen molar-refractivity contribution in [3.63, 3.8) is 0 Å². The number of nitrogens with zero attached hydrogens (tertiary/aromatic N) is 2. The minimum atomic E-state index is -4.41. The smallest absolute Gasteiger partial charge is 0.323 e. The molecule has 0 amide bonds. The third kappa shape index (κ3) is 2.49. The molecule has 2 aromatic rings. The Bertz CT molecular complexity index is 553. The molecule has 2 nitrogen and oxygen atoms in total. The zero-order chi connectivity index (χ0) is 14.1. The third-order valence-corrected chi connectivity index (χ3v) is 2.75. The Balaban J connectivity index is 0.000000771. The summed E-state index contributed by atoms with van der Waals surface area (Å²) in [5.41, 5.74) is 2.80. The van der Waals surface area contributed by atoms with E-state index in [0.717, 1.165) is 15.7 Å². The lowest BCUT2D eigenvalue weighted by Gasteiger charge is -2.05. The highest BCUT2D eigenvalue weighted by Gasteiger charge is 2.36. The molecule has 0 fully saturated rings. The monoisotopic (exact) mass is 258 g/mol. The van der Waals surface area contributed by atoms with E-state index in [1.807, 2.05) is 27.7 Å². The van der Waals surface area contributed by atoms with Crippen molar-refractivity contribution in [1.82, 2.24) is 9.55 Å². The van der Waals surface area contributed by atoms with E-state index in [2.05, 4.69) is 4.98 Å². The lowest BCUT2D eigenvalue weighted by atomic mass is 10.1. The number of alkyl halides is 3. The van der Waals surface area contributed by atoms with Gasteiger partial charge in [0.2, 0.25) is 5.82 Å². The predicted octanol–water partition coefficient (Wildman–Crippen LogP) is 4.24. The second-order valence-corrected chi connectivity index (χ2v) is 3.92. The Kier molecular flexibility index (Phi) is 4.04. The van der Waals surface area contributed by atoms with E-state index >= 15 is 0 Å². The van der Waals surface area contributed by atoms with Crippen LogP contribution in [0.1, 0.15) is 30.8 Å². The minimum Gasteiger partial charge on any atom is -0.323 e. The van der Waals surface area contributed by atoms with E-state index in [1.165, 1.54) is 7.05 Å². The van der Waals surface area contributed by atoms with Crippen LogP contribution >= 0.6 is 0 Å². The summed E-state index contributed by atoms with van der Waals surface area (Å²) in [6.07, 6.45) is -4.41. The standard InChI is InChI=1S/C11H11F3N2.C2H6/c1-6-4-8-9(5-7(6)2)16(3)10(15-8)11(12,13)14;1-2/h4-5H,1-3H3;1-2H3. The van der Waals surface area contributed by atoms with Gasteiger partial charge in [-0.15, -0.1) is 0 Å². The number of fused-ring (bicyclic) bond motifs is 1. The van der Waals surface area contributed by atoms with Gasteiger partial charge in [-0.2, -0.15) is 13.2 Å². The Hall–Kier alpha value is -1.52. The highest BCUT2D eigenvalue weighted by Crippen LogP contribution is 2.31. The lowest BCUT2D eigenvalue weighted by molar-refractivity contribution is -0.146. The summed E-state index contributed by atoms with van der Waals surface area (Å²) in [6, 6.07) is 3.41. The van der Waals surface area contributed by atoms with Gasteiger partial charge in [-0.25, -0.2) is 4.98 Å². The van der Waals surface area contributed by atoms with Gasteiger partial charge in [-0.05, 0) is 37.1 Å². The SMILES string of the molecule is CC.Cc1cc2nc(C(F)(F)F)n(C)c2cc1C. The fraction of sp³-hybridized carbons (Fsp3) is 0.462. The van der Waals surface area contributed by atoms with Crippen LogP contribution < -0.4 is 0 Å². The number of aryl methyl sites for hydroxylation is 3. The highest BCUT2D eigenvalue weighted by molar-refractivity contribution is 5.78. The van der Waals surface area contributed by atoms with E-state index in [9.17, 15) is 13.2 Å². The average Bonchev–Trinajstić information content (AvgIpc) is 2.60. The first-order valence-corrected chi connectivity index (χ1v) is 5.81. The average molecular weight is 258 g/mol. The summed E-state index contributed by atoms with van der Waals surface area (Å²) in [4.78, 5) is 3.62. The molecule has 0 aliphatic rings. The van der Waals surface area contributed by atoms with E-state index in [0.29, 0.717) is 11.0 Å². The largest absolute Gasteiger partial charge is 0.449 e. The van der Waals surface area contributed by atoms with E-state index in [-0.39, 0.29) is 0 Å². The molecule has 100 valence electrons. The molecule has 2 rings (SSSR count). The molecule has 0 unspecified atom stereocenters. The normalized spacial score (nSPS) is 11.3. The Morgan fingerprint density at radius 3 is 2.06 bits per heavy atom. The van der Waals surface area contributed by atoms with Gasteiger partial charge in [0.1, 0.15) is 0 Å². The molecule has 0 atom stereocenters. The summed E-state index contributed by atoms with van der Waals surface area (Å²) in [5.74, 6) is -0.854. The fourth-order valence-corrected chi connectivity index (χ4v) is 1.70.